The molecule has 0 saturated heterocycles. The van der Waals surface area contributed by atoms with Gasteiger partial charge in [0, 0.05) is 21.7 Å². The van der Waals surface area contributed by atoms with E-state index < -0.39 is 0 Å². The molecule has 2 heterocycles. The Balaban J connectivity index is 2.05. The van der Waals surface area contributed by atoms with Gasteiger partial charge >= 0.3 is 13.7 Å². The van der Waals surface area contributed by atoms with Crippen molar-refractivity contribution in [3.63, 3.8) is 0 Å². The molecule has 4 nitrogen and oxygen atoms in total. The Morgan fingerprint density at radius 3 is 2.70 bits per heavy atom. The first kappa shape index (κ1) is 11.6. The van der Waals surface area contributed by atoms with Gasteiger partial charge in [0.1, 0.15) is 4.83 Å². The van der Waals surface area contributed by atoms with E-state index in [1.807, 2.05) is 12.1 Å². The topological polar surface area (TPSA) is 55.2 Å². The van der Waals surface area contributed by atoms with E-state index in [1.54, 1.807) is 17.5 Å². The fourth-order valence-corrected chi connectivity index (χ4v) is 3.41. The fraction of sp³-hybridized carbons (Fsp3) is 0. The first-order valence-corrected chi connectivity index (χ1v) is 6.87. The third kappa shape index (κ3) is 1.73. The van der Waals surface area contributed by atoms with Crippen LogP contribution in [0.2, 0.25) is 0 Å². The quantitative estimate of drug-likeness (QED) is 0.573. The van der Waals surface area contributed by atoms with Crippen LogP contribution in [0.15, 0.2) is 42.6 Å². The molecule has 0 aliphatic rings. The maximum Gasteiger partial charge on any atom is 0.571 e. The van der Waals surface area contributed by atoms with Gasteiger partial charge in [0.05, 0.1) is 0 Å². The Morgan fingerprint density at radius 1 is 1.10 bits per heavy atom. The molecule has 95 valence electrons. The second-order valence-corrected chi connectivity index (χ2v) is 5.42. The van der Waals surface area contributed by atoms with Crippen molar-refractivity contribution >= 4 is 50.1 Å². The van der Waals surface area contributed by atoms with Crippen LogP contribution in [-0.4, -0.2) is 22.7 Å². The molecule has 4 rings (SSSR count). The van der Waals surface area contributed by atoms with E-state index in [0.29, 0.717) is 7.69 Å². The number of nitrogens with zero attached hydrogens (tertiary/aromatic N) is 2. The highest BCUT2D eigenvalue weighted by molar-refractivity contribution is 7.25. The first-order chi connectivity index (χ1) is 9.85. The maximum atomic E-state index is 8.64. The molecule has 1 radical (unpaired) electrons. The number of aromatic nitrogens is 2. The standard InChI is InChI=1S/C14H8BN2O2S/c18-15-19-14-16-7-11-10-5-8-3-1-2-4-9(8)6-12(10)20-13(11)17-14/h1-7,18H. The van der Waals surface area contributed by atoms with Gasteiger partial charge in [-0.2, -0.15) is 4.98 Å². The molecule has 20 heavy (non-hydrogen) atoms. The van der Waals surface area contributed by atoms with E-state index >= 15 is 0 Å². The van der Waals surface area contributed by atoms with E-state index in [4.69, 9.17) is 9.68 Å². The van der Waals surface area contributed by atoms with Crippen molar-refractivity contribution in [1.82, 2.24) is 9.97 Å². The molecule has 0 fully saturated rings. The van der Waals surface area contributed by atoms with Crippen LogP contribution in [0.1, 0.15) is 0 Å². The summed E-state index contributed by atoms with van der Waals surface area (Å²) >= 11 is 1.59. The molecule has 0 unspecified atom stereocenters. The summed E-state index contributed by atoms with van der Waals surface area (Å²) in [5, 5.41) is 13.2. The summed E-state index contributed by atoms with van der Waals surface area (Å²) in [7, 11) is 0.586. The average Bonchev–Trinajstić information content (AvgIpc) is 2.82. The molecule has 2 aromatic heterocycles. The summed E-state index contributed by atoms with van der Waals surface area (Å²) in [6, 6.07) is 12.7. The molecule has 0 bridgehead atoms. The van der Waals surface area contributed by atoms with Crippen LogP contribution in [0.4, 0.5) is 0 Å². The fourth-order valence-electron chi connectivity index (χ4n) is 2.34. The van der Waals surface area contributed by atoms with Crippen LogP contribution < -0.4 is 4.65 Å². The number of hydrogen-bond acceptors (Lipinski definition) is 5. The van der Waals surface area contributed by atoms with E-state index in [1.165, 1.54) is 10.8 Å². The van der Waals surface area contributed by atoms with Crippen molar-refractivity contribution in [2.75, 3.05) is 0 Å². The molecule has 0 aliphatic carbocycles. The Labute approximate surface area is 119 Å². The van der Waals surface area contributed by atoms with Gasteiger partial charge in [-0.15, -0.1) is 11.3 Å². The van der Waals surface area contributed by atoms with Crippen LogP contribution in [0.5, 0.6) is 6.01 Å². The summed E-state index contributed by atoms with van der Waals surface area (Å²) in [5.74, 6) is 0. The molecule has 0 amide bonds. The highest BCUT2D eigenvalue weighted by atomic mass is 32.1. The molecule has 0 aliphatic heterocycles. The van der Waals surface area contributed by atoms with Crippen LogP contribution >= 0.6 is 11.3 Å². The lowest BCUT2D eigenvalue weighted by molar-refractivity contribution is 0.432. The van der Waals surface area contributed by atoms with E-state index in [9.17, 15) is 0 Å². The Hall–Kier alpha value is -2.18. The zero-order valence-corrected chi connectivity index (χ0v) is 11.1. The normalized spacial score (nSPS) is 11.2. The molecule has 6 heteroatoms. The molecule has 4 aromatic rings. The number of fused-ring (bicyclic) bond motifs is 4. The van der Waals surface area contributed by atoms with E-state index in [2.05, 4.69) is 34.2 Å². The molecule has 2 aromatic carbocycles. The molecular weight excluding hydrogens is 271 g/mol. The Morgan fingerprint density at radius 2 is 1.90 bits per heavy atom. The van der Waals surface area contributed by atoms with Gasteiger partial charge in [-0.05, 0) is 22.9 Å². The molecule has 0 atom stereocenters. The molecule has 0 spiro atoms. The minimum atomic E-state index is 0.149. The summed E-state index contributed by atoms with van der Waals surface area (Å²) in [5.41, 5.74) is 0. The lowest BCUT2D eigenvalue weighted by Gasteiger charge is -1.99. The highest BCUT2D eigenvalue weighted by Gasteiger charge is 2.09. The predicted octanol–water partition coefficient (Wildman–Crippen LogP) is 2.90. The van der Waals surface area contributed by atoms with Crippen LogP contribution in [-0.2, 0) is 0 Å². The minimum Gasteiger partial charge on any atom is -0.509 e. The third-order valence-electron chi connectivity index (χ3n) is 3.23. The first-order valence-electron chi connectivity index (χ1n) is 6.06. The van der Waals surface area contributed by atoms with Crippen LogP contribution in [0, 0.1) is 0 Å². The summed E-state index contributed by atoms with van der Waals surface area (Å²) in [6.45, 7) is 0. The second-order valence-electron chi connectivity index (χ2n) is 4.39. The molecule has 0 saturated carbocycles. The monoisotopic (exact) mass is 279 g/mol. The molecular formula is C14H8BN2O2S. The highest BCUT2D eigenvalue weighted by Crippen LogP contribution is 2.35. The lowest BCUT2D eigenvalue weighted by Crippen LogP contribution is -2.02. The van der Waals surface area contributed by atoms with Crippen LogP contribution in [0.25, 0.3) is 31.1 Å². The van der Waals surface area contributed by atoms with Gasteiger partial charge in [-0.3, -0.25) is 0 Å². The Bertz CT molecular complexity index is 938. The summed E-state index contributed by atoms with van der Waals surface area (Å²) in [6.07, 6.45) is 1.73. The maximum absolute atomic E-state index is 8.64. The predicted molar refractivity (Wildman–Crippen MR) is 81.0 cm³/mol. The Kier molecular flexibility index (Phi) is 2.58. The van der Waals surface area contributed by atoms with E-state index in [-0.39, 0.29) is 6.01 Å². The zero-order valence-electron chi connectivity index (χ0n) is 10.3. The zero-order chi connectivity index (χ0) is 13.5. The van der Waals surface area contributed by atoms with Gasteiger partial charge < -0.3 is 9.68 Å². The number of rotatable bonds is 2. The number of thiophene rings is 1. The van der Waals surface area contributed by atoms with Crippen molar-refractivity contribution in [3.05, 3.63) is 42.6 Å². The van der Waals surface area contributed by atoms with Gasteiger partial charge in [0.2, 0.25) is 0 Å². The number of hydrogen-bond donors (Lipinski definition) is 1. The van der Waals surface area contributed by atoms with Crippen molar-refractivity contribution in [1.29, 1.82) is 0 Å². The van der Waals surface area contributed by atoms with Crippen molar-refractivity contribution < 1.29 is 9.68 Å². The van der Waals surface area contributed by atoms with Crippen molar-refractivity contribution in [3.8, 4) is 6.01 Å². The molecule has 1 N–H and O–H groups in total. The average molecular weight is 279 g/mol. The third-order valence-corrected chi connectivity index (χ3v) is 4.30. The van der Waals surface area contributed by atoms with Gasteiger partial charge in [0.15, 0.2) is 0 Å². The van der Waals surface area contributed by atoms with E-state index in [0.717, 1.165) is 20.3 Å². The summed E-state index contributed by atoms with van der Waals surface area (Å²) < 4.78 is 5.97. The van der Waals surface area contributed by atoms with Gasteiger partial charge in [-0.1, -0.05) is 24.3 Å². The number of benzene rings is 2. The van der Waals surface area contributed by atoms with Gasteiger partial charge in [0.25, 0.3) is 0 Å². The smallest absolute Gasteiger partial charge is 0.509 e. The second kappa shape index (κ2) is 4.43. The van der Waals surface area contributed by atoms with Crippen LogP contribution in [0.3, 0.4) is 0 Å². The minimum absolute atomic E-state index is 0.149. The lowest BCUT2D eigenvalue weighted by atomic mass is 10.1. The van der Waals surface area contributed by atoms with Crippen molar-refractivity contribution in [2.45, 2.75) is 0 Å². The van der Waals surface area contributed by atoms with Crippen molar-refractivity contribution in [2.24, 2.45) is 0 Å². The largest absolute Gasteiger partial charge is 0.571 e. The summed E-state index contributed by atoms with van der Waals surface area (Å²) in [4.78, 5) is 9.22. The SMILES string of the molecule is O[B]Oc1ncc2c(n1)sc1cc3ccccc3cc12. The van der Waals surface area contributed by atoms with Gasteiger partial charge in [-0.25, -0.2) is 4.98 Å².